The van der Waals surface area contributed by atoms with Gasteiger partial charge in [0.05, 0.1) is 23.9 Å². The van der Waals surface area contributed by atoms with Crippen LogP contribution in [0, 0.1) is 17.1 Å². The van der Waals surface area contributed by atoms with Crippen molar-refractivity contribution in [3.05, 3.63) is 41.8 Å². The summed E-state index contributed by atoms with van der Waals surface area (Å²) in [5.74, 6) is -0.775. The molecule has 0 aliphatic heterocycles. The van der Waals surface area contributed by atoms with Crippen molar-refractivity contribution < 1.29 is 12.8 Å². The highest BCUT2D eigenvalue weighted by atomic mass is 32.2. The average molecular weight is 307 g/mol. The van der Waals surface area contributed by atoms with E-state index in [4.69, 9.17) is 5.26 Å². The third-order valence-corrected chi connectivity index (χ3v) is 4.23. The van der Waals surface area contributed by atoms with Crippen LogP contribution >= 0.6 is 0 Å². The summed E-state index contributed by atoms with van der Waals surface area (Å²) in [4.78, 5) is 3.01. The van der Waals surface area contributed by atoms with E-state index in [1.54, 1.807) is 18.2 Å². The van der Waals surface area contributed by atoms with Crippen molar-refractivity contribution in [1.29, 1.82) is 5.26 Å². The number of aromatic nitrogens is 1. The highest BCUT2D eigenvalue weighted by molar-refractivity contribution is 7.92. The topological polar surface area (TPSA) is 85.8 Å². The van der Waals surface area contributed by atoms with Crippen molar-refractivity contribution in [3.8, 4) is 17.3 Å². The van der Waals surface area contributed by atoms with Crippen molar-refractivity contribution >= 4 is 15.7 Å². The first-order valence-electron chi connectivity index (χ1n) is 6.30. The zero-order chi connectivity index (χ0) is 15.5. The SMILES string of the molecule is CCS(=O)(=O)Nc1ccc(-c2ccc(CC#N)[nH]2)cc1F. The van der Waals surface area contributed by atoms with Gasteiger partial charge in [0.2, 0.25) is 10.0 Å². The molecule has 7 heteroatoms. The first-order valence-corrected chi connectivity index (χ1v) is 7.95. The molecular formula is C14H14FN3O2S. The fourth-order valence-electron chi connectivity index (χ4n) is 1.80. The molecule has 0 radical (unpaired) electrons. The standard InChI is InChI=1S/C14H14FN3O2S/c1-2-21(19,20)18-14-5-3-10(9-12(14)15)13-6-4-11(17-13)7-8-16/h3-6,9,17-18H,2,7H2,1H3. The predicted molar refractivity (Wildman–Crippen MR) is 78.6 cm³/mol. The number of hydrogen-bond acceptors (Lipinski definition) is 3. The maximum absolute atomic E-state index is 14.0. The van der Waals surface area contributed by atoms with Crippen LogP contribution in [0.15, 0.2) is 30.3 Å². The molecule has 0 atom stereocenters. The maximum Gasteiger partial charge on any atom is 0.232 e. The minimum atomic E-state index is -3.51. The summed E-state index contributed by atoms with van der Waals surface area (Å²) in [5.41, 5.74) is 1.91. The molecular weight excluding hydrogens is 293 g/mol. The Morgan fingerprint density at radius 1 is 1.33 bits per heavy atom. The molecule has 2 aromatic rings. The van der Waals surface area contributed by atoms with Crippen LogP contribution in [0.4, 0.5) is 10.1 Å². The lowest BCUT2D eigenvalue weighted by Gasteiger charge is -2.08. The van der Waals surface area contributed by atoms with Gasteiger partial charge >= 0.3 is 0 Å². The highest BCUT2D eigenvalue weighted by Crippen LogP contribution is 2.24. The third-order valence-electron chi connectivity index (χ3n) is 2.94. The summed E-state index contributed by atoms with van der Waals surface area (Å²) in [7, 11) is -3.51. The molecule has 2 rings (SSSR count). The molecule has 1 aromatic heterocycles. The van der Waals surface area contributed by atoms with Gasteiger partial charge in [0.25, 0.3) is 0 Å². The van der Waals surface area contributed by atoms with Crippen LogP contribution in [0.1, 0.15) is 12.6 Å². The van der Waals surface area contributed by atoms with Crippen molar-refractivity contribution in [2.24, 2.45) is 0 Å². The Bertz CT molecular complexity index is 791. The van der Waals surface area contributed by atoms with Crippen LogP contribution < -0.4 is 4.72 Å². The van der Waals surface area contributed by atoms with Gasteiger partial charge in [-0.15, -0.1) is 0 Å². The molecule has 21 heavy (non-hydrogen) atoms. The van der Waals surface area contributed by atoms with Gasteiger partial charge in [0.1, 0.15) is 5.82 Å². The molecule has 0 bridgehead atoms. The summed E-state index contributed by atoms with van der Waals surface area (Å²) in [6.07, 6.45) is 0.247. The van der Waals surface area contributed by atoms with Crippen LogP contribution in [0.5, 0.6) is 0 Å². The summed E-state index contributed by atoms with van der Waals surface area (Å²) >= 11 is 0. The number of nitrogens with one attached hydrogen (secondary N) is 2. The number of nitriles is 1. The molecule has 0 saturated carbocycles. The normalized spacial score (nSPS) is 11.1. The Morgan fingerprint density at radius 3 is 2.71 bits per heavy atom. The van der Waals surface area contributed by atoms with E-state index in [2.05, 4.69) is 9.71 Å². The second kappa shape index (κ2) is 5.97. The molecule has 2 N–H and O–H groups in total. The zero-order valence-electron chi connectivity index (χ0n) is 11.4. The summed E-state index contributed by atoms with van der Waals surface area (Å²) in [6.45, 7) is 1.48. The molecule has 0 aliphatic rings. The van der Waals surface area contributed by atoms with Crippen molar-refractivity contribution in [3.63, 3.8) is 0 Å². The number of rotatable bonds is 5. The van der Waals surface area contributed by atoms with Crippen LogP contribution in [0.2, 0.25) is 0 Å². The second-order valence-electron chi connectivity index (χ2n) is 4.43. The summed E-state index contributed by atoms with van der Waals surface area (Å²) in [5, 5.41) is 8.62. The van der Waals surface area contributed by atoms with Crippen LogP contribution in [-0.2, 0) is 16.4 Å². The molecule has 1 aromatic carbocycles. The number of H-pyrrole nitrogens is 1. The number of nitrogens with zero attached hydrogens (tertiary/aromatic N) is 1. The van der Waals surface area contributed by atoms with Gasteiger partial charge in [0.15, 0.2) is 0 Å². The molecule has 5 nitrogen and oxygen atoms in total. The number of sulfonamides is 1. The molecule has 0 spiro atoms. The number of halogens is 1. The van der Waals surface area contributed by atoms with Gasteiger partial charge in [-0.1, -0.05) is 6.07 Å². The Labute approximate surface area is 122 Å². The minimum absolute atomic E-state index is 0.0793. The molecule has 0 saturated heterocycles. The van der Waals surface area contributed by atoms with Gasteiger partial charge in [-0.3, -0.25) is 4.72 Å². The molecule has 1 heterocycles. The first-order chi connectivity index (χ1) is 9.95. The first kappa shape index (κ1) is 15.1. The highest BCUT2D eigenvalue weighted by Gasteiger charge is 2.12. The molecule has 0 unspecified atom stereocenters. The van der Waals surface area contributed by atoms with E-state index < -0.39 is 15.8 Å². The van der Waals surface area contributed by atoms with Gasteiger partial charge in [-0.05, 0) is 31.2 Å². The average Bonchev–Trinajstić information content (AvgIpc) is 2.90. The molecule has 110 valence electrons. The number of hydrogen-bond donors (Lipinski definition) is 2. The van der Waals surface area contributed by atoms with E-state index in [1.165, 1.54) is 19.1 Å². The Balaban J connectivity index is 2.28. The zero-order valence-corrected chi connectivity index (χ0v) is 12.2. The molecule has 0 amide bonds. The largest absolute Gasteiger partial charge is 0.358 e. The maximum atomic E-state index is 14.0. The van der Waals surface area contributed by atoms with Crippen LogP contribution in [0.3, 0.4) is 0 Å². The second-order valence-corrected chi connectivity index (χ2v) is 6.44. The van der Waals surface area contributed by atoms with Gasteiger partial charge < -0.3 is 4.98 Å². The van der Waals surface area contributed by atoms with E-state index in [9.17, 15) is 12.8 Å². The van der Waals surface area contributed by atoms with Gasteiger partial charge in [-0.2, -0.15) is 5.26 Å². The fourth-order valence-corrected chi connectivity index (χ4v) is 2.45. The fraction of sp³-hybridized carbons (Fsp3) is 0.214. The Kier molecular flexibility index (Phi) is 4.29. The van der Waals surface area contributed by atoms with E-state index in [0.29, 0.717) is 11.3 Å². The Morgan fingerprint density at radius 2 is 2.10 bits per heavy atom. The molecule has 0 fully saturated rings. The van der Waals surface area contributed by atoms with Crippen LogP contribution in [0.25, 0.3) is 11.3 Å². The lowest BCUT2D eigenvalue weighted by atomic mass is 10.1. The predicted octanol–water partition coefficient (Wildman–Crippen LogP) is 2.65. The van der Waals surface area contributed by atoms with E-state index in [0.717, 1.165) is 5.69 Å². The van der Waals surface area contributed by atoms with Crippen LogP contribution in [-0.4, -0.2) is 19.2 Å². The monoisotopic (exact) mass is 307 g/mol. The number of benzene rings is 1. The van der Waals surface area contributed by atoms with E-state index in [1.807, 2.05) is 6.07 Å². The summed E-state index contributed by atoms with van der Waals surface area (Å²) in [6, 6.07) is 9.75. The third kappa shape index (κ3) is 3.61. The molecule has 0 aliphatic carbocycles. The summed E-state index contributed by atoms with van der Waals surface area (Å²) < 4.78 is 39.0. The van der Waals surface area contributed by atoms with E-state index >= 15 is 0 Å². The van der Waals surface area contributed by atoms with Crippen molar-refractivity contribution in [2.75, 3.05) is 10.5 Å². The number of aromatic amines is 1. The van der Waals surface area contributed by atoms with Crippen molar-refractivity contribution in [2.45, 2.75) is 13.3 Å². The van der Waals surface area contributed by atoms with Crippen molar-refractivity contribution in [1.82, 2.24) is 4.98 Å². The van der Waals surface area contributed by atoms with Gasteiger partial charge in [0, 0.05) is 17.0 Å². The number of anilines is 1. The van der Waals surface area contributed by atoms with E-state index in [-0.39, 0.29) is 17.9 Å². The lowest BCUT2D eigenvalue weighted by molar-refractivity contribution is 0.599. The Hall–Kier alpha value is -2.33. The van der Waals surface area contributed by atoms with Gasteiger partial charge in [-0.25, -0.2) is 12.8 Å². The minimum Gasteiger partial charge on any atom is -0.358 e. The smallest absolute Gasteiger partial charge is 0.232 e. The lowest BCUT2D eigenvalue weighted by Crippen LogP contribution is -2.15. The quantitative estimate of drug-likeness (QED) is 0.890.